The Morgan fingerprint density at radius 1 is 1.33 bits per heavy atom. The maximum atomic E-state index is 12.7. The third-order valence-electron chi connectivity index (χ3n) is 4.58. The zero-order valence-corrected chi connectivity index (χ0v) is 13.5. The van der Waals surface area contributed by atoms with Crippen molar-refractivity contribution in [2.24, 2.45) is 0 Å². The number of fused-ring (bicyclic) bond motifs is 2. The van der Waals surface area contributed by atoms with Gasteiger partial charge in [0, 0.05) is 36.6 Å². The number of benzene rings is 1. The molecule has 0 unspecified atom stereocenters. The number of aromatic nitrogens is 3. The predicted octanol–water partition coefficient (Wildman–Crippen LogP) is 1.98. The average molecular weight is 321 g/mol. The van der Waals surface area contributed by atoms with Gasteiger partial charge < -0.3 is 15.6 Å². The topological polar surface area (TPSA) is 87.9 Å². The quantitative estimate of drug-likeness (QED) is 0.755. The zero-order chi connectivity index (χ0) is 16.7. The van der Waals surface area contributed by atoms with Crippen molar-refractivity contribution in [2.75, 3.05) is 12.3 Å². The summed E-state index contributed by atoms with van der Waals surface area (Å²) in [6.07, 6.45) is 3.05. The van der Waals surface area contributed by atoms with E-state index in [1.165, 1.54) is 5.56 Å². The number of nitrogen functional groups attached to an aromatic ring is 1. The molecule has 0 spiro atoms. The molecule has 1 aliphatic heterocycles. The van der Waals surface area contributed by atoms with E-state index < -0.39 is 0 Å². The van der Waals surface area contributed by atoms with Gasteiger partial charge in [0.2, 0.25) is 5.91 Å². The molecule has 4 rings (SSSR count). The van der Waals surface area contributed by atoms with Gasteiger partial charge in [0.05, 0.1) is 12.1 Å². The molecule has 6 heteroatoms. The van der Waals surface area contributed by atoms with E-state index in [9.17, 15) is 4.79 Å². The summed E-state index contributed by atoms with van der Waals surface area (Å²) in [5.41, 5.74) is 11.0. The van der Waals surface area contributed by atoms with E-state index >= 15 is 0 Å². The molecule has 0 bridgehead atoms. The fourth-order valence-corrected chi connectivity index (χ4v) is 3.28. The molecule has 0 saturated carbocycles. The highest BCUT2D eigenvalue weighted by Gasteiger charge is 2.23. The van der Waals surface area contributed by atoms with Crippen molar-refractivity contribution in [1.29, 1.82) is 0 Å². The Hall–Kier alpha value is -2.89. The molecule has 1 aromatic carbocycles. The fourth-order valence-electron chi connectivity index (χ4n) is 3.28. The van der Waals surface area contributed by atoms with Crippen LogP contribution in [-0.2, 0) is 24.2 Å². The first-order chi connectivity index (χ1) is 11.6. The molecule has 24 heavy (non-hydrogen) atoms. The number of anilines is 1. The van der Waals surface area contributed by atoms with E-state index in [0.29, 0.717) is 25.3 Å². The Kier molecular flexibility index (Phi) is 3.45. The molecular weight excluding hydrogens is 302 g/mol. The van der Waals surface area contributed by atoms with E-state index in [-0.39, 0.29) is 5.91 Å². The lowest BCUT2D eigenvalue weighted by molar-refractivity contribution is -0.131. The highest BCUT2D eigenvalue weighted by Crippen LogP contribution is 2.22. The van der Waals surface area contributed by atoms with Crippen LogP contribution in [-0.4, -0.2) is 32.5 Å². The molecule has 6 nitrogen and oxygen atoms in total. The number of H-pyrrole nitrogens is 1. The van der Waals surface area contributed by atoms with Crippen LogP contribution in [0.5, 0.6) is 0 Å². The number of carbonyl (C=O) groups is 1. The van der Waals surface area contributed by atoms with Crippen LogP contribution in [0.15, 0.2) is 30.5 Å². The summed E-state index contributed by atoms with van der Waals surface area (Å²) < 4.78 is 0. The number of aryl methyl sites for hydroxylation is 1. The monoisotopic (exact) mass is 321 g/mol. The minimum atomic E-state index is 0.123. The summed E-state index contributed by atoms with van der Waals surface area (Å²) in [4.78, 5) is 17.8. The van der Waals surface area contributed by atoms with Crippen molar-refractivity contribution in [2.45, 2.75) is 26.3 Å². The number of carbonyl (C=O) groups excluding carboxylic acids is 1. The van der Waals surface area contributed by atoms with E-state index in [4.69, 9.17) is 5.73 Å². The second-order valence-corrected chi connectivity index (χ2v) is 6.35. The second-order valence-electron chi connectivity index (χ2n) is 6.35. The van der Waals surface area contributed by atoms with Gasteiger partial charge in [-0.25, -0.2) is 0 Å². The van der Waals surface area contributed by atoms with Crippen LogP contribution in [0.25, 0.3) is 10.9 Å². The first-order valence-corrected chi connectivity index (χ1v) is 8.05. The molecule has 0 aliphatic carbocycles. The van der Waals surface area contributed by atoms with Gasteiger partial charge in [-0.1, -0.05) is 12.1 Å². The van der Waals surface area contributed by atoms with Crippen molar-refractivity contribution in [3.05, 3.63) is 52.8 Å². The Morgan fingerprint density at radius 3 is 3.08 bits per heavy atom. The summed E-state index contributed by atoms with van der Waals surface area (Å²) in [7, 11) is 0. The minimum Gasteiger partial charge on any atom is -0.382 e. The van der Waals surface area contributed by atoms with Crippen molar-refractivity contribution >= 4 is 22.6 Å². The third-order valence-corrected chi connectivity index (χ3v) is 4.58. The maximum absolute atomic E-state index is 12.7. The largest absolute Gasteiger partial charge is 0.382 e. The van der Waals surface area contributed by atoms with Gasteiger partial charge in [-0.05, 0) is 35.7 Å². The minimum absolute atomic E-state index is 0.123. The Bertz CT molecular complexity index is 930. The van der Waals surface area contributed by atoms with Crippen LogP contribution in [0, 0.1) is 6.92 Å². The summed E-state index contributed by atoms with van der Waals surface area (Å²) in [5.74, 6) is 0.521. The Labute approximate surface area is 139 Å². The number of hydrogen-bond donors (Lipinski definition) is 2. The first-order valence-electron chi connectivity index (χ1n) is 8.05. The molecule has 3 N–H and O–H groups in total. The van der Waals surface area contributed by atoms with Crippen LogP contribution >= 0.6 is 0 Å². The van der Waals surface area contributed by atoms with E-state index in [2.05, 4.69) is 40.3 Å². The smallest absolute Gasteiger partial charge is 0.227 e. The summed E-state index contributed by atoms with van der Waals surface area (Å²) in [6.45, 7) is 3.28. The maximum Gasteiger partial charge on any atom is 0.227 e. The molecule has 1 amide bonds. The highest BCUT2D eigenvalue weighted by atomic mass is 16.2. The molecule has 3 aromatic rings. The van der Waals surface area contributed by atoms with Gasteiger partial charge in [0.15, 0.2) is 0 Å². The number of amides is 1. The molecule has 2 aromatic heterocycles. The van der Waals surface area contributed by atoms with Crippen molar-refractivity contribution in [3.63, 3.8) is 0 Å². The SMILES string of the molecule is Cc1ccc2c(CC(=O)N3CCc4nnc(N)cc4C3)c[nH]c2c1. The average Bonchev–Trinajstić information content (AvgIpc) is 2.96. The van der Waals surface area contributed by atoms with Gasteiger partial charge in [-0.3, -0.25) is 4.79 Å². The van der Waals surface area contributed by atoms with Crippen molar-refractivity contribution in [1.82, 2.24) is 20.1 Å². The Morgan fingerprint density at radius 2 is 2.21 bits per heavy atom. The lowest BCUT2D eigenvalue weighted by atomic mass is 10.0. The number of nitrogens with one attached hydrogen (secondary N) is 1. The van der Waals surface area contributed by atoms with Crippen molar-refractivity contribution < 1.29 is 4.79 Å². The van der Waals surface area contributed by atoms with Crippen LogP contribution in [0.1, 0.15) is 22.4 Å². The third kappa shape index (κ3) is 2.60. The molecule has 0 radical (unpaired) electrons. The summed E-state index contributed by atoms with van der Waals surface area (Å²) in [5, 5.41) is 9.12. The number of hydrogen-bond acceptors (Lipinski definition) is 4. The molecule has 0 fully saturated rings. The molecule has 3 heterocycles. The van der Waals surface area contributed by atoms with Crippen molar-refractivity contribution in [3.8, 4) is 0 Å². The number of rotatable bonds is 2. The van der Waals surface area contributed by atoms with E-state index in [1.54, 1.807) is 0 Å². The number of nitrogens with zero attached hydrogens (tertiary/aromatic N) is 3. The molecule has 122 valence electrons. The zero-order valence-electron chi connectivity index (χ0n) is 13.5. The van der Waals surface area contributed by atoms with Crippen LogP contribution in [0.4, 0.5) is 5.82 Å². The fraction of sp³-hybridized carbons (Fsp3) is 0.278. The lowest BCUT2D eigenvalue weighted by Crippen LogP contribution is -2.37. The van der Waals surface area contributed by atoms with Gasteiger partial charge in [-0.2, -0.15) is 5.10 Å². The normalized spacial score (nSPS) is 14.0. The van der Waals surface area contributed by atoms with E-state index in [1.807, 2.05) is 17.2 Å². The van der Waals surface area contributed by atoms with Gasteiger partial charge in [0.1, 0.15) is 5.82 Å². The number of nitrogens with two attached hydrogens (primary N) is 1. The Balaban J connectivity index is 1.54. The second kappa shape index (κ2) is 5.63. The first kappa shape index (κ1) is 14.7. The van der Waals surface area contributed by atoms with Gasteiger partial charge in [0.25, 0.3) is 0 Å². The molecule has 0 atom stereocenters. The van der Waals surface area contributed by atoms with Gasteiger partial charge >= 0.3 is 0 Å². The highest BCUT2D eigenvalue weighted by molar-refractivity contribution is 5.89. The lowest BCUT2D eigenvalue weighted by Gasteiger charge is -2.28. The molecule has 0 saturated heterocycles. The molecular formula is C18H19N5O. The standard InChI is InChI=1S/C18H19N5O/c1-11-2-3-14-12(9-20-16(14)6-11)8-18(24)23-5-4-15-13(10-23)7-17(19)22-21-15/h2-3,6-7,9,20H,4-5,8,10H2,1H3,(H2,19,22). The van der Waals surface area contributed by atoms with Crippen LogP contribution in [0.3, 0.4) is 0 Å². The van der Waals surface area contributed by atoms with Crippen LogP contribution in [0.2, 0.25) is 0 Å². The number of aromatic amines is 1. The molecule has 1 aliphatic rings. The predicted molar refractivity (Wildman–Crippen MR) is 92.3 cm³/mol. The summed E-state index contributed by atoms with van der Waals surface area (Å²) in [6, 6.07) is 8.06. The van der Waals surface area contributed by atoms with Crippen LogP contribution < -0.4 is 5.73 Å². The summed E-state index contributed by atoms with van der Waals surface area (Å²) >= 11 is 0. The van der Waals surface area contributed by atoms with Gasteiger partial charge in [-0.15, -0.1) is 5.10 Å². The van der Waals surface area contributed by atoms with E-state index in [0.717, 1.165) is 34.1 Å².